The summed E-state index contributed by atoms with van der Waals surface area (Å²) in [5.41, 5.74) is 4.77. The molecule has 0 saturated heterocycles. The molecule has 0 heterocycles. The largest absolute Gasteiger partial charge is 0.465 e. The van der Waals surface area contributed by atoms with Crippen molar-refractivity contribution >= 4 is 11.8 Å². The van der Waals surface area contributed by atoms with Gasteiger partial charge in [0.2, 0.25) is 0 Å². The molecule has 0 radical (unpaired) electrons. The number of carbonyl (C=O) groups excluding carboxylic acids is 2. The molecule has 0 unspecified atom stereocenters. The fourth-order valence-corrected chi connectivity index (χ4v) is 1.73. The summed E-state index contributed by atoms with van der Waals surface area (Å²) in [6, 6.07) is 0. The van der Waals surface area contributed by atoms with Gasteiger partial charge in [-0.1, -0.05) is 0 Å². The quantitative estimate of drug-likeness (QED) is 0.587. The van der Waals surface area contributed by atoms with Crippen LogP contribution in [0.25, 0.3) is 0 Å². The van der Waals surface area contributed by atoms with Gasteiger partial charge < -0.3 is 10.5 Å². The molecular weight excluding hydrogens is 196 g/mol. The highest BCUT2D eigenvalue weighted by molar-refractivity contribution is 5.91. The normalized spacial score (nSPS) is 18.0. The third-order valence-electron chi connectivity index (χ3n) is 2.80. The second-order valence-corrected chi connectivity index (χ2v) is 3.72. The van der Waals surface area contributed by atoms with Crippen LogP contribution in [0.2, 0.25) is 0 Å². The molecule has 15 heavy (non-hydrogen) atoms. The molecule has 0 amide bonds. The highest BCUT2D eigenvalue weighted by atomic mass is 16.5. The van der Waals surface area contributed by atoms with E-state index in [0.717, 1.165) is 19.3 Å². The van der Waals surface area contributed by atoms with E-state index in [2.05, 4.69) is 5.32 Å². The molecule has 1 aliphatic carbocycles. The summed E-state index contributed by atoms with van der Waals surface area (Å²) in [5.74, 6) is -0.341. The van der Waals surface area contributed by atoms with Crippen LogP contribution in [0.15, 0.2) is 0 Å². The molecule has 86 valence electrons. The molecule has 0 aromatic rings. The van der Waals surface area contributed by atoms with E-state index >= 15 is 0 Å². The lowest BCUT2D eigenvalue weighted by Crippen LogP contribution is -2.60. The third-order valence-corrected chi connectivity index (χ3v) is 2.80. The SMILES string of the molecule is CCOC(=O)CNC1(C(=O)CN)CCC1. The Bertz CT molecular complexity index is 249. The van der Waals surface area contributed by atoms with Crippen LogP contribution in [0.1, 0.15) is 26.2 Å². The average molecular weight is 214 g/mol. The first-order chi connectivity index (χ1) is 7.14. The maximum absolute atomic E-state index is 11.5. The maximum atomic E-state index is 11.5. The number of rotatable bonds is 6. The zero-order valence-electron chi connectivity index (χ0n) is 9.04. The highest BCUT2D eigenvalue weighted by Gasteiger charge is 2.42. The van der Waals surface area contributed by atoms with Gasteiger partial charge in [0.15, 0.2) is 5.78 Å². The summed E-state index contributed by atoms with van der Waals surface area (Å²) in [5, 5.41) is 2.96. The molecule has 0 atom stereocenters. The number of ether oxygens (including phenoxy) is 1. The Morgan fingerprint density at radius 2 is 2.13 bits per heavy atom. The van der Waals surface area contributed by atoms with E-state index < -0.39 is 5.54 Å². The molecule has 5 heteroatoms. The fourth-order valence-electron chi connectivity index (χ4n) is 1.73. The van der Waals surface area contributed by atoms with Crippen LogP contribution in [0.3, 0.4) is 0 Å². The van der Waals surface area contributed by atoms with Gasteiger partial charge in [0.05, 0.1) is 25.2 Å². The first-order valence-electron chi connectivity index (χ1n) is 5.28. The number of hydrogen-bond acceptors (Lipinski definition) is 5. The van der Waals surface area contributed by atoms with Crippen LogP contribution >= 0.6 is 0 Å². The topological polar surface area (TPSA) is 81.4 Å². The number of esters is 1. The van der Waals surface area contributed by atoms with Crippen molar-refractivity contribution in [3.05, 3.63) is 0 Å². The van der Waals surface area contributed by atoms with Crippen LogP contribution in [-0.2, 0) is 14.3 Å². The van der Waals surface area contributed by atoms with Crippen LogP contribution in [0.4, 0.5) is 0 Å². The van der Waals surface area contributed by atoms with Gasteiger partial charge in [0.25, 0.3) is 0 Å². The summed E-state index contributed by atoms with van der Waals surface area (Å²) in [7, 11) is 0. The number of nitrogens with one attached hydrogen (secondary N) is 1. The minimum atomic E-state index is -0.554. The first kappa shape index (κ1) is 12.1. The van der Waals surface area contributed by atoms with E-state index in [-0.39, 0.29) is 24.8 Å². The van der Waals surface area contributed by atoms with Crippen LogP contribution in [0, 0.1) is 0 Å². The van der Waals surface area contributed by atoms with E-state index in [9.17, 15) is 9.59 Å². The predicted molar refractivity (Wildman–Crippen MR) is 55.3 cm³/mol. The Labute approximate surface area is 89.3 Å². The van der Waals surface area contributed by atoms with Gasteiger partial charge in [0.1, 0.15) is 0 Å². The maximum Gasteiger partial charge on any atom is 0.319 e. The van der Waals surface area contributed by atoms with Crippen molar-refractivity contribution in [3.63, 3.8) is 0 Å². The van der Waals surface area contributed by atoms with Crippen LogP contribution in [-0.4, -0.2) is 37.0 Å². The summed E-state index contributed by atoms with van der Waals surface area (Å²) < 4.78 is 4.78. The molecular formula is C10H18N2O3. The molecule has 0 aliphatic heterocycles. The minimum absolute atomic E-state index is 0.0157. The lowest BCUT2D eigenvalue weighted by atomic mass is 9.73. The zero-order chi connectivity index (χ0) is 11.3. The van der Waals surface area contributed by atoms with Gasteiger partial charge in [-0.3, -0.25) is 14.9 Å². The number of nitrogens with two attached hydrogens (primary N) is 1. The van der Waals surface area contributed by atoms with Crippen molar-refractivity contribution in [3.8, 4) is 0 Å². The molecule has 0 aromatic heterocycles. The Hall–Kier alpha value is -0.940. The van der Waals surface area contributed by atoms with Crippen molar-refractivity contribution < 1.29 is 14.3 Å². The van der Waals surface area contributed by atoms with Gasteiger partial charge in [0, 0.05) is 0 Å². The highest BCUT2D eigenvalue weighted by Crippen LogP contribution is 2.32. The second-order valence-electron chi connectivity index (χ2n) is 3.72. The number of ketones is 1. The van der Waals surface area contributed by atoms with Gasteiger partial charge >= 0.3 is 5.97 Å². The lowest BCUT2D eigenvalue weighted by Gasteiger charge is -2.40. The summed E-state index contributed by atoms with van der Waals surface area (Å²) >= 11 is 0. The average Bonchev–Trinajstić information content (AvgIpc) is 2.16. The van der Waals surface area contributed by atoms with Gasteiger partial charge in [-0.05, 0) is 26.2 Å². The monoisotopic (exact) mass is 214 g/mol. The van der Waals surface area contributed by atoms with E-state index in [1.54, 1.807) is 6.92 Å². The Kier molecular flexibility index (Phi) is 4.23. The van der Waals surface area contributed by atoms with Gasteiger partial charge in [-0.15, -0.1) is 0 Å². The summed E-state index contributed by atoms with van der Waals surface area (Å²) in [6.07, 6.45) is 2.53. The van der Waals surface area contributed by atoms with E-state index in [1.807, 2.05) is 0 Å². The Balaban J connectivity index is 2.40. The Morgan fingerprint density at radius 1 is 1.47 bits per heavy atom. The smallest absolute Gasteiger partial charge is 0.319 e. The molecule has 5 nitrogen and oxygen atoms in total. The molecule has 0 aromatic carbocycles. The number of carbonyl (C=O) groups is 2. The first-order valence-corrected chi connectivity index (χ1v) is 5.28. The standard InChI is InChI=1S/C10H18N2O3/c1-2-15-9(14)7-12-10(4-3-5-10)8(13)6-11/h12H,2-7,11H2,1H3. The molecule has 0 bridgehead atoms. The van der Waals surface area contributed by atoms with Crippen molar-refractivity contribution in [2.75, 3.05) is 19.7 Å². The number of Topliss-reactive ketones (excluding diaryl/α,β-unsaturated/α-hetero) is 1. The van der Waals surface area contributed by atoms with Crippen molar-refractivity contribution in [1.82, 2.24) is 5.32 Å². The van der Waals surface area contributed by atoms with Crippen molar-refractivity contribution in [2.45, 2.75) is 31.7 Å². The van der Waals surface area contributed by atoms with Gasteiger partial charge in [-0.25, -0.2) is 0 Å². The zero-order valence-corrected chi connectivity index (χ0v) is 9.04. The Morgan fingerprint density at radius 3 is 2.53 bits per heavy atom. The fraction of sp³-hybridized carbons (Fsp3) is 0.800. The van der Waals surface area contributed by atoms with Crippen molar-refractivity contribution in [1.29, 1.82) is 0 Å². The summed E-state index contributed by atoms with van der Waals surface area (Å²) in [6.45, 7) is 2.22. The minimum Gasteiger partial charge on any atom is -0.465 e. The molecule has 3 N–H and O–H groups in total. The predicted octanol–water partition coefficient (Wildman–Crippen LogP) is -0.410. The van der Waals surface area contributed by atoms with Crippen LogP contribution < -0.4 is 11.1 Å². The molecule has 1 fully saturated rings. The lowest BCUT2D eigenvalue weighted by molar-refractivity contribution is -0.143. The molecule has 0 spiro atoms. The van der Waals surface area contributed by atoms with Gasteiger partial charge in [-0.2, -0.15) is 0 Å². The third kappa shape index (κ3) is 2.76. The molecule has 1 saturated carbocycles. The molecule has 1 aliphatic rings. The van der Waals surface area contributed by atoms with Crippen molar-refractivity contribution in [2.24, 2.45) is 5.73 Å². The van der Waals surface area contributed by atoms with E-state index in [1.165, 1.54) is 0 Å². The summed E-state index contributed by atoms with van der Waals surface area (Å²) in [4.78, 5) is 22.7. The molecule has 1 rings (SSSR count). The second kappa shape index (κ2) is 5.23. The number of hydrogen-bond donors (Lipinski definition) is 2. The van der Waals surface area contributed by atoms with E-state index in [4.69, 9.17) is 10.5 Å². The van der Waals surface area contributed by atoms with E-state index in [0.29, 0.717) is 6.61 Å². The van der Waals surface area contributed by atoms with Crippen LogP contribution in [0.5, 0.6) is 0 Å².